The van der Waals surface area contributed by atoms with Crippen molar-refractivity contribution in [3.63, 3.8) is 0 Å². The molecule has 9 heteroatoms. The monoisotopic (exact) mass is 377 g/mol. The number of ether oxygens (including phenoxy) is 2. The lowest BCUT2D eigenvalue weighted by atomic mass is 9.93. The van der Waals surface area contributed by atoms with Gasteiger partial charge in [0.05, 0.1) is 18.4 Å². The van der Waals surface area contributed by atoms with Gasteiger partial charge in [-0.3, -0.25) is 4.79 Å². The second kappa shape index (κ2) is 9.86. The summed E-state index contributed by atoms with van der Waals surface area (Å²) in [4.78, 5) is 30.9. The van der Waals surface area contributed by atoms with Crippen LogP contribution in [0.25, 0.3) is 6.08 Å². The van der Waals surface area contributed by atoms with Crippen LogP contribution in [-0.4, -0.2) is 47.2 Å². The van der Waals surface area contributed by atoms with Gasteiger partial charge in [0.2, 0.25) is 11.9 Å². The van der Waals surface area contributed by atoms with Crippen molar-refractivity contribution in [2.75, 3.05) is 24.3 Å². The van der Waals surface area contributed by atoms with Crippen molar-refractivity contribution >= 4 is 29.7 Å². The van der Waals surface area contributed by atoms with Crippen LogP contribution in [0, 0.1) is 6.92 Å². The minimum absolute atomic E-state index is 0.0379. The van der Waals surface area contributed by atoms with Crippen molar-refractivity contribution < 1.29 is 19.1 Å². The molecule has 1 aliphatic rings. The Labute approximate surface area is 158 Å². The summed E-state index contributed by atoms with van der Waals surface area (Å²) in [5.41, 5.74) is 12.3. The zero-order valence-corrected chi connectivity index (χ0v) is 15.7. The molecule has 1 heterocycles. The first kappa shape index (κ1) is 20.6. The van der Waals surface area contributed by atoms with Crippen LogP contribution >= 0.6 is 0 Å². The van der Waals surface area contributed by atoms with Crippen molar-refractivity contribution in [2.45, 2.75) is 51.7 Å². The highest BCUT2D eigenvalue weighted by molar-refractivity contribution is 5.88. The lowest BCUT2D eigenvalue weighted by molar-refractivity contribution is -0.137. The number of carbonyl (C=O) groups is 2. The third-order valence-electron chi connectivity index (χ3n) is 4.30. The third kappa shape index (κ3) is 6.52. The number of amides is 1. The highest BCUT2D eigenvalue weighted by Gasteiger charge is 2.23. The second-order valence-corrected chi connectivity index (χ2v) is 6.41. The summed E-state index contributed by atoms with van der Waals surface area (Å²) in [5.74, 6) is -0.129. The fourth-order valence-corrected chi connectivity index (χ4v) is 3.02. The lowest BCUT2D eigenvalue weighted by Gasteiger charge is -2.29. The Morgan fingerprint density at radius 3 is 2.59 bits per heavy atom. The van der Waals surface area contributed by atoms with E-state index in [2.05, 4.69) is 15.3 Å². The number of nitrogen functional groups attached to an aromatic ring is 1. The van der Waals surface area contributed by atoms with Gasteiger partial charge in [-0.2, -0.15) is 4.98 Å². The Kier molecular flexibility index (Phi) is 7.54. The number of nitrogens with one attached hydrogen (secondary N) is 1. The van der Waals surface area contributed by atoms with E-state index in [0.717, 1.165) is 25.7 Å². The van der Waals surface area contributed by atoms with Gasteiger partial charge >= 0.3 is 5.97 Å². The molecule has 1 amide bonds. The Morgan fingerprint density at radius 1 is 1.26 bits per heavy atom. The predicted molar refractivity (Wildman–Crippen MR) is 102 cm³/mol. The molecular formula is C18H27N5O4. The fourth-order valence-electron chi connectivity index (χ4n) is 3.02. The van der Waals surface area contributed by atoms with Gasteiger partial charge in [0.25, 0.3) is 0 Å². The first-order valence-corrected chi connectivity index (χ1v) is 9.04. The van der Waals surface area contributed by atoms with Gasteiger partial charge in [0, 0.05) is 17.7 Å². The first-order chi connectivity index (χ1) is 12.9. The summed E-state index contributed by atoms with van der Waals surface area (Å²) in [6.07, 6.45) is 6.37. The predicted octanol–water partition coefficient (Wildman–Crippen LogP) is 1.17. The molecule has 0 unspecified atom stereocenters. The average molecular weight is 377 g/mol. The first-order valence-electron chi connectivity index (χ1n) is 9.04. The molecule has 0 aromatic carbocycles. The van der Waals surface area contributed by atoms with Crippen LogP contribution in [0.2, 0.25) is 0 Å². The van der Waals surface area contributed by atoms with Crippen molar-refractivity contribution in [2.24, 2.45) is 5.73 Å². The molecule has 0 radical (unpaired) electrons. The van der Waals surface area contributed by atoms with Crippen LogP contribution in [0.5, 0.6) is 0 Å². The van der Waals surface area contributed by atoms with Crippen molar-refractivity contribution in [3.05, 3.63) is 17.3 Å². The van der Waals surface area contributed by atoms with E-state index in [1.165, 1.54) is 6.08 Å². The second-order valence-electron chi connectivity index (χ2n) is 6.41. The van der Waals surface area contributed by atoms with E-state index < -0.39 is 11.9 Å². The van der Waals surface area contributed by atoms with E-state index in [1.54, 1.807) is 13.0 Å². The van der Waals surface area contributed by atoms with E-state index in [0.29, 0.717) is 23.7 Å². The molecule has 148 valence electrons. The molecule has 27 heavy (non-hydrogen) atoms. The Balaban J connectivity index is 2.03. The molecule has 1 aliphatic carbocycles. The van der Waals surface area contributed by atoms with Crippen LogP contribution in [0.3, 0.4) is 0 Å². The molecule has 0 saturated heterocycles. The molecule has 2 rings (SSSR count). The van der Waals surface area contributed by atoms with Crippen molar-refractivity contribution in [3.8, 4) is 0 Å². The number of anilines is 2. The van der Waals surface area contributed by atoms with Gasteiger partial charge in [-0.1, -0.05) is 0 Å². The molecule has 1 fully saturated rings. The van der Waals surface area contributed by atoms with E-state index in [1.807, 2.05) is 6.92 Å². The number of primary amides is 1. The Hall–Kier alpha value is -2.68. The quantitative estimate of drug-likeness (QED) is 0.452. The zero-order valence-electron chi connectivity index (χ0n) is 15.7. The maximum Gasteiger partial charge on any atom is 0.330 e. The molecular weight excluding hydrogens is 350 g/mol. The van der Waals surface area contributed by atoms with Crippen LogP contribution in [-0.2, 0) is 19.1 Å². The summed E-state index contributed by atoms with van der Waals surface area (Å²) in [7, 11) is 0. The largest absolute Gasteiger partial charge is 0.463 e. The average Bonchev–Trinajstić information content (AvgIpc) is 2.60. The van der Waals surface area contributed by atoms with Gasteiger partial charge in [0.15, 0.2) is 0 Å². The van der Waals surface area contributed by atoms with Crippen molar-refractivity contribution in [1.29, 1.82) is 0 Å². The molecule has 1 aromatic rings. The number of hydrogen-bond acceptors (Lipinski definition) is 8. The summed E-state index contributed by atoms with van der Waals surface area (Å²) < 4.78 is 10.4. The van der Waals surface area contributed by atoms with E-state index in [-0.39, 0.29) is 24.7 Å². The number of esters is 1. The topological polar surface area (TPSA) is 142 Å². The van der Waals surface area contributed by atoms with Gasteiger partial charge in [0.1, 0.15) is 12.4 Å². The molecule has 0 aliphatic heterocycles. The van der Waals surface area contributed by atoms with Crippen LogP contribution < -0.4 is 16.8 Å². The number of rotatable bonds is 8. The Bertz CT molecular complexity index is 699. The maximum atomic E-state index is 11.6. The number of nitrogens with zero attached hydrogens (tertiary/aromatic N) is 2. The van der Waals surface area contributed by atoms with Crippen LogP contribution in [0.4, 0.5) is 11.8 Å². The smallest absolute Gasteiger partial charge is 0.330 e. The number of nitrogens with two attached hydrogens (primary N) is 2. The number of carbonyl (C=O) groups excluding carboxylic acids is 2. The van der Waals surface area contributed by atoms with E-state index >= 15 is 0 Å². The minimum Gasteiger partial charge on any atom is -0.463 e. The zero-order chi connectivity index (χ0) is 19.8. The van der Waals surface area contributed by atoms with Gasteiger partial charge < -0.3 is 26.3 Å². The molecule has 1 saturated carbocycles. The molecule has 5 N–H and O–H groups in total. The number of hydrogen-bond donors (Lipinski definition) is 3. The molecule has 0 bridgehead atoms. The molecule has 0 spiro atoms. The maximum absolute atomic E-state index is 11.6. The minimum atomic E-state index is -0.458. The third-order valence-corrected chi connectivity index (χ3v) is 4.30. The van der Waals surface area contributed by atoms with E-state index in [4.69, 9.17) is 20.9 Å². The van der Waals surface area contributed by atoms with Crippen LogP contribution in [0.1, 0.15) is 43.9 Å². The van der Waals surface area contributed by atoms with E-state index in [9.17, 15) is 9.59 Å². The highest BCUT2D eigenvalue weighted by Crippen LogP contribution is 2.26. The summed E-state index contributed by atoms with van der Waals surface area (Å²) >= 11 is 0. The summed E-state index contributed by atoms with van der Waals surface area (Å²) in [5, 5.41) is 3.39. The summed E-state index contributed by atoms with van der Waals surface area (Å²) in [6.45, 7) is 3.82. The fraction of sp³-hybridized carbons (Fsp3) is 0.556. The standard InChI is InChI=1S/C18H27N5O4/c1-3-26-16(25)9-8-14-11(2)21-18(20)23-17(14)22-12-4-6-13(7-5-12)27-10-15(19)24/h8-9,12-13H,3-7,10H2,1-2H3,(H2,19,24)(H3,20,21,22,23)/b9-8+. The van der Waals surface area contributed by atoms with Crippen LogP contribution in [0.15, 0.2) is 6.08 Å². The molecule has 1 aromatic heterocycles. The van der Waals surface area contributed by atoms with Gasteiger partial charge in [-0.15, -0.1) is 0 Å². The normalized spacial score (nSPS) is 19.8. The van der Waals surface area contributed by atoms with Gasteiger partial charge in [-0.05, 0) is 45.6 Å². The number of aryl methyl sites for hydroxylation is 1. The summed E-state index contributed by atoms with van der Waals surface area (Å²) in [6, 6.07) is 0.182. The molecule has 9 nitrogen and oxygen atoms in total. The SMILES string of the molecule is CCOC(=O)/C=C/c1c(C)nc(N)nc1NC1CCC(OCC(N)=O)CC1. The lowest BCUT2D eigenvalue weighted by Crippen LogP contribution is -2.32. The van der Waals surface area contributed by atoms with Gasteiger partial charge in [-0.25, -0.2) is 9.78 Å². The Morgan fingerprint density at radius 2 is 1.96 bits per heavy atom. The molecule has 0 atom stereocenters. The highest BCUT2D eigenvalue weighted by atomic mass is 16.5. The van der Waals surface area contributed by atoms with Crippen molar-refractivity contribution in [1.82, 2.24) is 9.97 Å². The number of aromatic nitrogens is 2.